The zero-order chi connectivity index (χ0) is 26.6. The van der Waals surface area contributed by atoms with Crippen molar-refractivity contribution in [2.24, 2.45) is 5.92 Å². The fourth-order valence-electron chi connectivity index (χ4n) is 4.95. The number of ether oxygens (including phenoxy) is 1. The Morgan fingerprint density at radius 3 is 2.76 bits per heavy atom. The van der Waals surface area contributed by atoms with Crippen LogP contribution in [0.3, 0.4) is 0 Å². The highest BCUT2D eigenvalue weighted by Gasteiger charge is 2.36. The molecule has 2 atom stereocenters. The first-order valence-corrected chi connectivity index (χ1v) is 13.2. The second-order valence-corrected chi connectivity index (χ2v) is 10.3. The molecule has 2 aliphatic heterocycles. The molecular weight excluding hydrogens is 506 g/mol. The Morgan fingerprint density at radius 1 is 1.16 bits per heavy atom. The van der Waals surface area contributed by atoms with E-state index in [1.807, 2.05) is 11.0 Å². The predicted molar refractivity (Wildman–Crippen MR) is 143 cm³/mol. The highest BCUT2D eigenvalue weighted by molar-refractivity contribution is 6.29. The van der Waals surface area contributed by atoms with Crippen molar-refractivity contribution < 1.29 is 14.3 Å². The third-order valence-electron chi connectivity index (χ3n) is 7.25. The largest absolute Gasteiger partial charge is 0.381 e. The van der Waals surface area contributed by atoms with Gasteiger partial charge in [0.2, 0.25) is 17.8 Å². The molecule has 10 nitrogen and oxygen atoms in total. The number of piperazine rings is 1. The molecule has 5 rings (SSSR count). The fraction of sp³-hybridized carbons (Fsp3) is 0.444. The first kappa shape index (κ1) is 26.1. The van der Waals surface area contributed by atoms with Gasteiger partial charge in [0.15, 0.2) is 0 Å². The molecule has 2 aromatic heterocycles. The van der Waals surface area contributed by atoms with E-state index in [1.165, 1.54) is 11.1 Å². The van der Waals surface area contributed by atoms with Crippen LogP contribution in [-0.2, 0) is 20.9 Å². The predicted octanol–water partition coefficient (Wildman–Crippen LogP) is 2.69. The van der Waals surface area contributed by atoms with Crippen LogP contribution in [0.15, 0.2) is 43.0 Å². The number of carbonyl (C=O) groups excluding carboxylic acids is 2. The van der Waals surface area contributed by atoms with Gasteiger partial charge in [0.25, 0.3) is 0 Å². The number of benzene rings is 1. The van der Waals surface area contributed by atoms with Crippen molar-refractivity contribution in [1.82, 2.24) is 29.7 Å². The average Bonchev–Trinajstić information content (AvgIpc) is 3.64. The quantitative estimate of drug-likeness (QED) is 0.462. The van der Waals surface area contributed by atoms with Crippen LogP contribution in [0.2, 0.25) is 5.15 Å². The number of hydrogen-bond donors (Lipinski definition) is 1. The lowest BCUT2D eigenvalue weighted by atomic mass is 10.0. The summed E-state index contributed by atoms with van der Waals surface area (Å²) >= 11 is 6.38. The maximum absolute atomic E-state index is 13.2. The summed E-state index contributed by atoms with van der Waals surface area (Å²) in [7, 11) is 0. The first-order valence-electron chi connectivity index (χ1n) is 12.9. The van der Waals surface area contributed by atoms with Gasteiger partial charge in [-0.3, -0.25) is 14.2 Å². The molecule has 2 fully saturated rings. The van der Waals surface area contributed by atoms with Crippen LogP contribution in [0.5, 0.6) is 0 Å². The summed E-state index contributed by atoms with van der Waals surface area (Å²) in [6.45, 7) is 7.09. The van der Waals surface area contributed by atoms with Gasteiger partial charge in [0.05, 0.1) is 18.6 Å². The zero-order valence-corrected chi connectivity index (χ0v) is 22.4. The van der Waals surface area contributed by atoms with Crippen molar-refractivity contribution in [3.05, 3.63) is 64.8 Å². The summed E-state index contributed by atoms with van der Waals surface area (Å²) in [6, 6.07) is 7.60. The standard InChI is InChI=1S/C27H32ClN7O3/c1-18-3-4-20(11-19(18)2)14-30-25(36)12-22-15-33(26(37)21-5-10-38-16-21)8-9-35(22)24-13-23(28)31-27(32-24)34-7-6-29-17-34/h3-4,6-7,11,13,17,21-22H,5,8-10,12,14-16H2,1-2H3,(H,30,36). The zero-order valence-electron chi connectivity index (χ0n) is 21.6. The van der Waals surface area contributed by atoms with Crippen molar-refractivity contribution in [2.45, 2.75) is 39.3 Å². The van der Waals surface area contributed by atoms with E-state index in [4.69, 9.17) is 21.3 Å². The lowest BCUT2D eigenvalue weighted by Gasteiger charge is -2.42. The monoisotopic (exact) mass is 537 g/mol. The topological polar surface area (TPSA) is 105 Å². The van der Waals surface area contributed by atoms with Crippen molar-refractivity contribution >= 4 is 29.2 Å². The number of aryl methyl sites for hydroxylation is 2. The molecule has 2 aliphatic rings. The van der Waals surface area contributed by atoms with Crippen LogP contribution < -0.4 is 10.2 Å². The molecule has 2 amide bonds. The van der Waals surface area contributed by atoms with Gasteiger partial charge < -0.3 is 19.9 Å². The number of aromatic nitrogens is 4. The van der Waals surface area contributed by atoms with Crippen LogP contribution in [-0.4, -0.2) is 75.1 Å². The van der Waals surface area contributed by atoms with Crippen molar-refractivity contribution in [3.8, 4) is 5.95 Å². The Kier molecular flexibility index (Phi) is 7.90. The number of imidazole rings is 1. The van der Waals surface area contributed by atoms with Gasteiger partial charge in [-0.05, 0) is 37.0 Å². The molecule has 1 aromatic carbocycles. The van der Waals surface area contributed by atoms with E-state index in [9.17, 15) is 9.59 Å². The van der Waals surface area contributed by atoms with E-state index in [2.05, 4.69) is 46.2 Å². The summed E-state index contributed by atoms with van der Waals surface area (Å²) in [6.07, 6.45) is 5.93. The maximum atomic E-state index is 13.2. The molecule has 4 heterocycles. The SMILES string of the molecule is Cc1ccc(CNC(=O)CC2CN(C(=O)C3CCOC3)CCN2c2cc(Cl)nc(-n3ccnc3)n2)cc1C. The highest BCUT2D eigenvalue weighted by Crippen LogP contribution is 2.26. The number of nitrogens with zero attached hydrogens (tertiary/aromatic N) is 6. The van der Waals surface area contributed by atoms with Gasteiger partial charge in [-0.15, -0.1) is 0 Å². The second kappa shape index (κ2) is 11.5. The van der Waals surface area contributed by atoms with Gasteiger partial charge >= 0.3 is 0 Å². The Morgan fingerprint density at radius 2 is 2.03 bits per heavy atom. The van der Waals surface area contributed by atoms with Crippen LogP contribution in [0.1, 0.15) is 29.5 Å². The Hall–Kier alpha value is -3.50. The molecule has 1 N–H and O–H groups in total. The molecule has 3 aromatic rings. The van der Waals surface area contributed by atoms with Crippen molar-refractivity contribution in [1.29, 1.82) is 0 Å². The molecule has 0 bridgehead atoms. The number of hydrogen-bond acceptors (Lipinski definition) is 7. The smallest absolute Gasteiger partial charge is 0.238 e. The molecule has 0 saturated carbocycles. The summed E-state index contributed by atoms with van der Waals surface area (Å²) < 4.78 is 7.12. The molecule has 11 heteroatoms. The lowest BCUT2D eigenvalue weighted by molar-refractivity contribution is -0.137. The van der Waals surface area contributed by atoms with Gasteiger partial charge in [-0.25, -0.2) is 9.97 Å². The van der Waals surface area contributed by atoms with Gasteiger partial charge in [-0.2, -0.15) is 4.98 Å². The lowest BCUT2D eigenvalue weighted by Crippen LogP contribution is -2.57. The molecule has 0 aliphatic carbocycles. The minimum atomic E-state index is -0.281. The van der Waals surface area contributed by atoms with E-state index in [0.29, 0.717) is 56.3 Å². The summed E-state index contributed by atoms with van der Waals surface area (Å²) in [5, 5.41) is 3.34. The van der Waals surface area contributed by atoms with Crippen molar-refractivity contribution in [2.75, 3.05) is 37.7 Å². The Labute approximate surface area is 227 Å². The maximum Gasteiger partial charge on any atom is 0.238 e. The van der Waals surface area contributed by atoms with Crippen molar-refractivity contribution in [3.63, 3.8) is 0 Å². The number of halogens is 1. The normalized spacial score (nSPS) is 19.6. The third kappa shape index (κ3) is 5.97. The van der Waals surface area contributed by atoms with E-state index in [-0.39, 0.29) is 30.2 Å². The van der Waals surface area contributed by atoms with Crippen LogP contribution in [0, 0.1) is 19.8 Å². The summed E-state index contributed by atoms with van der Waals surface area (Å²) in [5.41, 5.74) is 3.45. The van der Waals surface area contributed by atoms with Gasteiger partial charge in [0, 0.05) is 57.7 Å². The van der Waals surface area contributed by atoms with Crippen LogP contribution >= 0.6 is 11.6 Å². The molecule has 2 saturated heterocycles. The van der Waals surface area contributed by atoms with E-state index < -0.39 is 0 Å². The number of nitrogens with one attached hydrogen (secondary N) is 1. The summed E-state index contributed by atoms with van der Waals surface area (Å²) in [5.74, 6) is 0.873. The molecule has 200 valence electrons. The fourth-order valence-corrected chi connectivity index (χ4v) is 5.13. The third-order valence-corrected chi connectivity index (χ3v) is 7.45. The van der Waals surface area contributed by atoms with E-state index >= 15 is 0 Å². The van der Waals surface area contributed by atoms with Gasteiger partial charge in [0.1, 0.15) is 17.3 Å². The molecule has 0 spiro atoms. The minimum Gasteiger partial charge on any atom is -0.381 e. The van der Waals surface area contributed by atoms with Gasteiger partial charge in [-0.1, -0.05) is 29.8 Å². The van der Waals surface area contributed by atoms with E-state index in [0.717, 1.165) is 12.0 Å². The second-order valence-electron chi connectivity index (χ2n) is 9.91. The Balaban J connectivity index is 1.34. The molecule has 0 radical (unpaired) electrons. The first-order chi connectivity index (χ1) is 18.4. The highest BCUT2D eigenvalue weighted by atomic mass is 35.5. The molecular formula is C27H32ClN7O3. The number of anilines is 1. The van der Waals surface area contributed by atoms with Crippen LogP contribution in [0.25, 0.3) is 5.95 Å². The molecule has 2 unspecified atom stereocenters. The van der Waals surface area contributed by atoms with Crippen LogP contribution in [0.4, 0.5) is 5.82 Å². The number of amides is 2. The number of rotatable bonds is 7. The minimum absolute atomic E-state index is 0.0857. The Bertz CT molecular complexity index is 1290. The number of carbonyl (C=O) groups is 2. The average molecular weight is 538 g/mol. The summed E-state index contributed by atoms with van der Waals surface area (Å²) in [4.78, 5) is 43.3. The molecule has 38 heavy (non-hydrogen) atoms. The van der Waals surface area contributed by atoms with E-state index in [1.54, 1.807) is 29.4 Å².